The number of ketones is 1. The van der Waals surface area contributed by atoms with Crippen LogP contribution in [0.4, 0.5) is 0 Å². The molecule has 196 valence electrons. The molecule has 4 N–H and O–H groups in total. The Morgan fingerprint density at radius 3 is 1.53 bits per heavy atom. The first kappa shape index (κ1) is 31.4. The van der Waals surface area contributed by atoms with E-state index < -0.39 is 12.0 Å². The zero-order valence-corrected chi connectivity index (χ0v) is 20.2. The highest BCUT2D eigenvalue weighted by Crippen LogP contribution is 1.93. The first-order chi connectivity index (χ1) is 16.2. The molecule has 0 aliphatic heterocycles. The second kappa shape index (κ2) is 21.0. The summed E-state index contributed by atoms with van der Waals surface area (Å²) in [6.07, 6.45) is 1.16. The van der Waals surface area contributed by atoms with Crippen molar-refractivity contribution in [3.63, 3.8) is 0 Å². The van der Waals surface area contributed by atoms with Gasteiger partial charge in [-0.25, -0.2) is 0 Å². The van der Waals surface area contributed by atoms with E-state index in [1.165, 1.54) is 6.92 Å². The average molecular weight is 490 g/mol. The highest BCUT2D eigenvalue weighted by molar-refractivity contribution is 5.88. The first-order valence-electron chi connectivity index (χ1n) is 11.5. The maximum atomic E-state index is 11.7. The van der Waals surface area contributed by atoms with E-state index in [1.807, 2.05) is 0 Å². The van der Waals surface area contributed by atoms with E-state index in [1.54, 1.807) is 6.92 Å². The van der Waals surface area contributed by atoms with Crippen LogP contribution in [0.3, 0.4) is 0 Å². The molecule has 0 saturated carbocycles. The topological polar surface area (TPSA) is 169 Å². The fourth-order valence-electron chi connectivity index (χ4n) is 2.39. The quantitative estimate of drug-likeness (QED) is 0.150. The zero-order chi connectivity index (χ0) is 25.6. The Morgan fingerprint density at radius 2 is 1.09 bits per heavy atom. The molecular weight excluding hydrogens is 450 g/mol. The standard InChI is InChI=1S/C22H39N3O9/c1-17(18(2)26)25-21(29)6-5-19(27)23-9-3-11-32-13-15-34-16-14-33-12-4-10-24-20(28)7-8-22(30)31/h17H,3-16H2,1-2H3,(H,23,27)(H,24,28)(H,25,29)(H,30,31). The van der Waals surface area contributed by atoms with Crippen LogP contribution in [0.15, 0.2) is 0 Å². The van der Waals surface area contributed by atoms with Gasteiger partial charge < -0.3 is 35.3 Å². The minimum Gasteiger partial charge on any atom is -0.481 e. The van der Waals surface area contributed by atoms with Crippen molar-refractivity contribution in [1.29, 1.82) is 0 Å². The molecule has 3 amide bonds. The number of hydrogen-bond acceptors (Lipinski definition) is 8. The van der Waals surface area contributed by atoms with E-state index in [4.69, 9.17) is 19.3 Å². The van der Waals surface area contributed by atoms with Crippen LogP contribution in [-0.2, 0) is 38.2 Å². The Bertz CT molecular complexity index is 629. The van der Waals surface area contributed by atoms with Crippen LogP contribution < -0.4 is 16.0 Å². The maximum Gasteiger partial charge on any atom is 0.303 e. The molecule has 34 heavy (non-hydrogen) atoms. The molecule has 0 fully saturated rings. The lowest BCUT2D eigenvalue weighted by Gasteiger charge is -2.10. The van der Waals surface area contributed by atoms with Gasteiger partial charge in [0.05, 0.1) is 38.9 Å². The van der Waals surface area contributed by atoms with Crippen molar-refractivity contribution in [3.05, 3.63) is 0 Å². The summed E-state index contributed by atoms with van der Waals surface area (Å²) >= 11 is 0. The zero-order valence-electron chi connectivity index (χ0n) is 20.2. The van der Waals surface area contributed by atoms with Gasteiger partial charge in [-0.1, -0.05) is 0 Å². The lowest BCUT2D eigenvalue weighted by atomic mass is 10.2. The SMILES string of the molecule is CC(=O)C(C)NC(=O)CCC(=O)NCCCOCCOCCOCCCNC(=O)CCC(=O)O. The number of hydrogen-bond donors (Lipinski definition) is 4. The van der Waals surface area contributed by atoms with Crippen LogP contribution in [-0.4, -0.2) is 93.4 Å². The second-order valence-electron chi connectivity index (χ2n) is 7.54. The van der Waals surface area contributed by atoms with Crippen LogP contribution >= 0.6 is 0 Å². The van der Waals surface area contributed by atoms with Gasteiger partial charge >= 0.3 is 5.97 Å². The highest BCUT2D eigenvalue weighted by atomic mass is 16.5. The van der Waals surface area contributed by atoms with Crippen LogP contribution in [0.5, 0.6) is 0 Å². The van der Waals surface area contributed by atoms with Gasteiger partial charge in [0, 0.05) is 45.6 Å². The number of aliphatic carboxylic acids is 1. The largest absolute Gasteiger partial charge is 0.481 e. The molecule has 0 aromatic carbocycles. The minimum atomic E-state index is -0.995. The fraction of sp³-hybridized carbons (Fsp3) is 0.773. The van der Waals surface area contributed by atoms with Gasteiger partial charge in [0.1, 0.15) is 0 Å². The third kappa shape index (κ3) is 21.3. The number of Topliss-reactive ketones (excluding diaryl/α,β-unsaturated/α-hetero) is 1. The van der Waals surface area contributed by atoms with Crippen molar-refractivity contribution < 1.29 is 43.3 Å². The van der Waals surface area contributed by atoms with E-state index in [0.29, 0.717) is 65.6 Å². The highest BCUT2D eigenvalue weighted by Gasteiger charge is 2.12. The molecule has 0 spiro atoms. The molecule has 0 bridgehead atoms. The number of nitrogens with one attached hydrogen (secondary N) is 3. The normalized spacial score (nSPS) is 11.5. The number of carboxylic acids is 1. The maximum absolute atomic E-state index is 11.7. The summed E-state index contributed by atoms with van der Waals surface area (Å²) in [5.41, 5.74) is 0. The molecular formula is C22H39N3O9. The van der Waals surface area contributed by atoms with Gasteiger partial charge in [-0.05, 0) is 26.7 Å². The molecule has 0 saturated heterocycles. The van der Waals surface area contributed by atoms with Crippen molar-refractivity contribution in [2.45, 2.75) is 58.4 Å². The predicted molar refractivity (Wildman–Crippen MR) is 122 cm³/mol. The van der Waals surface area contributed by atoms with Crippen molar-refractivity contribution in [3.8, 4) is 0 Å². The number of ether oxygens (including phenoxy) is 3. The molecule has 0 aliphatic carbocycles. The Morgan fingerprint density at radius 1 is 0.676 bits per heavy atom. The van der Waals surface area contributed by atoms with Gasteiger partial charge in [-0.2, -0.15) is 0 Å². The summed E-state index contributed by atoms with van der Waals surface area (Å²) in [5.74, 6) is -1.97. The molecule has 0 heterocycles. The molecule has 0 aliphatic rings. The van der Waals surface area contributed by atoms with E-state index in [2.05, 4.69) is 16.0 Å². The third-order valence-electron chi connectivity index (χ3n) is 4.45. The van der Waals surface area contributed by atoms with Crippen LogP contribution in [0.25, 0.3) is 0 Å². The van der Waals surface area contributed by atoms with Crippen molar-refractivity contribution in [2.24, 2.45) is 0 Å². The minimum absolute atomic E-state index is 0.0235. The van der Waals surface area contributed by atoms with Crippen LogP contribution in [0.2, 0.25) is 0 Å². The van der Waals surface area contributed by atoms with E-state index in [-0.39, 0.29) is 49.2 Å². The van der Waals surface area contributed by atoms with Gasteiger partial charge in [-0.3, -0.25) is 24.0 Å². The summed E-state index contributed by atoms with van der Waals surface area (Å²) in [4.78, 5) is 56.0. The smallest absolute Gasteiger partial charge is 0.303 e. The molecule has 0 radical (unpaired) electrons. The predicted octanol–water partition coefficient (Wildman–Crippen LogP) is -0.212. The molecule has 12 heteroatoms. The summed E-state index contributed by atoms with van der Waals surface area (Å²) in [6.45, 7) is 6.48. The lowest BCUT2D eigenvalue weighted by Crippen LogP contribution is -2.37. The van der Waals surface area contributed by atoms with E-state index >= 15 is 0 Å². The summed E-state index contributed by atoms with van der Waals surface area (Å²) < 4.78 is 16.1. The molecule has 1 unspecified atom stereocenters. The number of carbonyl (C=O) groups excluding carboxylic acids is 4. The van der Waals surface area contributed by atoms with Gasteiger partial charge in [-0.15, -0.1) is 0 Å². The molecule has 0 aromatic heterocycles. The summed E-state index contributed by atoms with van der Waals surface area (Å²) in [6, 6.07) is -0.547. The molecule has 1 atom stereocenters. The van der Waals surface area contributed by atoms with Crippen LogP contribution in [0.1, 0.15) is 52.4 Å². The van der Waals surface area contributed by atoms with E-state index in [9.17, 15) is 24.0 Å². The Balaban J connectivity index is 3.35. The van der Waals surface area contributed by atoms with Crippen molar-refractivity contribution >= 4 is 29.5 Å². The number of carbonyl (C=O) groups is 5. The van der Waals surface area contributed by atoms with Crippen LogP contribution in [0, 0.1) is 0 Å². The number of amides is 3. The number of rotatable bonds is 22. The van der Waals surface area contributed by atoms with Gasteiger partial charge in [0.2, 0.25) is 17.7 Å². The Kier molecular flexibility index (Phi) is 19.4. The summed E-state index contributed by atoms with van der Waals surface area (Å²) in [7, 11) is 0. The molecule has 0 aromatic rings. The van der Waals surface area contributed by atoms with Gasteiger partial charge in [0.25, 0.3) is 0 Å². The third-order valence-corrected chi connectivity index (χ3v) is 4.45. The Labute approximate surface area is 200 Å². The van der Waals surface area contributed by atoms with E-state index in [0.717, 1.165) is 0 Å². The molecule has 12 nitrogen and oxygen atoms in total. The molecule has 0 rings (SSSR count). The average Bonchev–Trinajstić information content (AvgIpc) is 2.78. The fourth-order valence-corrected chi connectivity index (χ4v) is 2.39. The first-order valence-corrected chi connectivity index (χ1v) is 11.5. The summed E-state index contributed by atoms with van der Waals surface area (Å²) in [5, 5.41) is 16.3. The van der Waals surface area contributed by atoms with Crippen molar-refractivity contribution in [1.82, 2.24) is 16.0 Å². The van der Waals surface area contributed by atoms with Crippen molar-refractivity contribution in [2.75, 3.05) is 52.7 Å². The monoisotopic (exact) mass is 489 g/mol. The van der Waals surface area contributed by atoms with Gasteiger partial charge in [0.15, 0.2) is 5.78 Å². The Hall–Kier alpha value is -2.57. The number of carboxylic acid groups (broad SMARTS) is 1. The second-order valence-corrected chi connectivity index (χ2v) is 7.54. The lowest BCUT2D eigenvalue weighted by molar-refractivity contribution is -0.138.